The summed E-state index contributed by atoms with van der Waals surface area (Å²) in [4.78, 5) is 11.1. The first-order chi connectivity index (χ1) is 14.0. The lowest BCUT2D eigenvalue weighted by molar-refractivity contribution is -0.134. The zero-order valence-corrected chi connectivity index (χ0v) is 18.2. The van der Waals surface area contributed by atoms with Crippen LogP contribution in [0.5, 0.6) is 0 Å². The number of allylic oxidation sites excluding steroid dienone is 1. The van der Waals surface area contributed by atoms with Crippen LogP contribution in [0.2, 0.25) is 0 Å². The van der Waals surface area contributed by atoms with Crippen molar-refractivity contribution in [2.75, 3.05) is 13.7 Å². The normalized spacial score (nSPS) is 25.7. The summed E-state index contributed by atoms with van der Waals surface area (Å²) in [6.07, 6.45) is 16.4. The third-order valence-corrected chi connectivity index (χ3v) is 5.59. The van der Waals surface area contributed by atoms with E-state index in [9.17, 15) is 15.0 Å². The number of carbonyl (C=O) groups is 1. The van der Waals surface area contributed by atoms with Crippen molar-refractivity contribution in [2.24, 2.45) is 11.8 Å². The molecule has 0 spiro atoms. The maximum atomic E-state index is 11.1. The number of hydrogen-bond acceptors (Lipinski definition) is 5. The predicted molar refractivity (Wildman–Crippen MR) is 116 cm³/mol. The van der Waals surface area contributed by atoms with Crippen molar-refractivity contribution in [2.45, 2.75) is 83.0 Å². The number of methoxy groups -OCH3 is 1. The van der Waals surface area contributed by atoms with Crippen LogP contribution >= 0.6 is 0 Å². The van der Waals surface area contributed by atoms with Crippen molar-refractivity contribution < 1.29 is 24.5 Å². The first-order valence-electron chi connectivity index (χ1n) is 11.0. The molecule has 1 saturated carbocycles. The summed E-state index contributed by atoms with van der Waals surface area (Å²) in [7, 11) is 1.37. The fraction of sp³-hybridized carbons (Fsp3) is 0.708. The number of ether oxygens (including phenoxy) is 2. The quantitative estimate of drug-likeness (QED) is 0.182. The maximum absolute atomic E-state index is 11.1. The number of aliphatic hydroxyl groups is 2. The molecule has 0 aromatic carbocycles. The van der Waals surface area contributed by atoms with E-state index in [2.05, 4.69) is 24.3 Å². The highest BCUT2D eigenvalue weighted by Gasteiger charge is 2.41. The van der Waals surface area contributed by atoms with Gasteiger partial charge in [0.15, 0.2) is 0 Å². The number of rotatable bonds is 15. The Balaban J connectivity index is 2.59. The summed E-state index contributed by atoms with van der Waals surface area (Å²) >= 11 is 0. The second-order valence-corrected chi connectivity index (χ2v) is 7.86. The van der Waals surface area contributed by atoms with Crippen LogP contribution in [0, 0.1) is 11.8 Å². The fourth-order valence-electron chi connectivity index (χ4n) is 3.97. The lowest BCUT2D eigenvalue weighted by atomic mass is 9.88. The minimum absolute atomic E-state index is 0.0497. The second kappa shape index (κ2) is 15.4. The molecule has 166 valence electrons. The van der Waals surface area contributed by atoms with E-state index in [4.69, 9.17) is 4.74 Å². The third kappa shape index (κ3) is 10.2. The van der Waals surface area contributed by atoms with Gasteiger partial charge in [0.1, 0.15) is 0 Å². The van der Waals surface area contributed by atoms with Crippen molar-refractivity contribution in [3.8, 4) is 0 Å². The van der Waals surface area contributed by atoms with Crippen LogP contribution in [0.4, 0.5) is 0 Å². The van der Waals surface area contributed by atoms with Gasteiger partial charge in [-0.25, -0.2) is 4.79 Å². The number of hydrogen-bond donors (Lipinski definition) is 2. The molecule has 0 heterocycles. The Bertz CT molecular complexity index is 513. The largest absolute Gasteiger partial charge is 0.466 e. The molecule has 5 unspecified atom stereocenters. The second-order valence-electron chi connectivity index (χ2n) is 7.86. The molecule has 0 radical (unpaired) electrons. The Kier molecular flexibility index (Phi) is 13.6. The van der Waals surface area contributed by atoms with Gasteiger partial charge in [0, 0.05) is 18.4 Å². The average Bonchev–Trinajstić information content (AvgIpc) is 3.01. The molecule has 0 aliphatic heterocycles. The van der Waals surface area contributed by atoms with Crippen LogP contribution in [0.3, 0.4) is 0 Å². The number of esters is 1. The van der Waals surface area contributed by atoms with Gasteiger partial charge in [0.25, 0.3) is 0 Å². The Morgan fingerprint density at radius 1 is 1.28 bits per heavy atom. The van der Waals surface area contributed by atoms with Crippen molar-refractivity contribution in [1.82, 2.24) is 0 Å². The molecule has 0 saturated heterocycles. The van der Waals surface area contributed by atoms with Crippen molar-refractivity contribution in [3.63, 3.8) is 0 Å². The summed E-state index contributed by atoms with van der Waals surface area (Å²) in [5, 5.41) is 20.8. The monoisotopic (exact) mass is 408 g/mol. The number of carbonyl (C=O) groups excluding carboxylic acids is 1. The molecular weight excluding hydrogens is 368 g/mol. The van der Waals surface area contributed by atoms with Gasteiger partial charge in [-0.3, -0.25) is 0 Å². The molecule has 5 nitrogen and oxygen atoms in total. The van der Waals surface area contributed by atoms with Crippen LogP contribution in [-0.4, -0.2) is 48.2 Å². The first-order valence-corrected chi connectivity index (χ1v) is 11.0. The van der Waals surface area contributed by atoms with E-state index in [1.54, 1.807) is 6.08 Å². The van der Waals surface area contributed by atoms with Gasteiger partial charge in [0.05, 0.1) is 32.0 Å². The summed E-state index contributed by atoms with van der Waals surface area (Å²) < 4.78 is 10.5. The van der Waals surface area contributed by atoms with Crippen LogP contribution in [0.25, 0.3) is 0 Å². The molecule has 0 bridgehead atoms. The molecule has 1 fully saturated rings. The molecule has 1 rings (SSSR count). The molecule has 5 heteroatoms. The van der Waals surface area contributed by atoms with Gasteiger partial charge in [-0.1, -0.05) is 56.9 Å². The van der Waals surface area contributed by atoms with Gasteiger partial charge in [-0.2, -0.15) is 0 Å². The summed E-state index contributed by atoms with van der Waals surface area (Å²) in [6, 6.07) is 0. The van der Waals surface area contributed by atoms with E-state index in [1.165, 1.54) is 13.2 Å². The van der Waals surface area contributed by atoms with E-state index in [0.717, 1.165) is 51.4 Å². The SMILES string of the molecule is C=CCOC1CC(O)C(CCCCC=CC(=O)OC)C1C=CC(O)CCCCC. The van der Waals surface area contributed by atoms with Crippen molar-refractivity contribution >= 4 is 5.97 Å². The van der Waals surface area contributed by atoms with Crippen LogP contribution in [0.15, 0.2) is 37.0 Å². The summed E-state index contributed by atoms with van der Waals surface area (Å²) in [6.45, 7) is 6.33. The van der Waals surface area contributed by atoms with Gasteiger partial charge in [-0.05, 0) is 31.6 Å². The molecule has 5 atom stereocenters. The molecule has 2 N–H and O–H groups in total. The van der Waals surface area contributed by atoms with E-state index in [1.807, 2.05) is 12.2 Å². The van der Waals surface area contributed by atoms with Gasteiger partial charge >= 0.3 is 5.97 Å². The van der Waals surface area contributed by atoms with Gasteiger partial charge in [-0.15, -0.1) is 6.58 Å². The minimum Gasteiger partial charge on any atom is -0.466 e. The molecule has 0 amide bonds. The molecular formula is C24H40O5. The topological polar surface area (TPSA) is 76.0 Å². The summed E-state index contributed by atoms with van der Waals surface area (Å²) in [5.74, 6) is -0.119. The highest BCUT2D eigenvalue weighted by atomic mass is 16.5. The van der Waals surface area contributed by atoms with Crippen LogP contribution in [0.1, 0.15) is 64.7 Å². The van der Waals surface area contributed by atoms with Crippen LogP contribution < -0.4 is 0 Å². The lowest BCUT2D eigenvalue weighted by Gasteiger charge is -2.23. The van der Waals surface area contributed by atoms with Crippen molar-refractivity contribution in [3.05, 3.63) is 37.0 Å². The summed E-state index contributed by atoms with van der Waals surface area (Å²) in [5.41, 5.74) is 0. The Labute approximate surface area is 176 Å². The van der Waals surface area contributed by atoms with Gasteiger partial charge < -0.3 is 19.7 Å². The molecule has 0 aromatic heterocycles. The Morgan fingerprint density at radius 2 is 2.07 bits per heavy atom. The van der Waals surface area contributed by atoms with E-state index < -0.39 is 12.2 Å². The molecule has 0 aromatic rings. The highest BCUT2D eigenvalue weighted by molar-refractivity contribution is 5.81. The molecule has 29 heavy (non-hydrogen) atoms. The molecule has 1 aliphatic carbocycles. The zero-order chi connectivity index (χ0) is 21.5. The zero-order valence-electron chi connectivity index (χ0n) is 18.2. The number of unbranched alkanes of at least 4 members (excludes halogenated alkanes) is 4. The third-order valence-electron chi connectivity index (χ3n) is 5.59. The Morgan fingerprint density at radius 3 is 2.76 bits per heavy atom. The molecule has 1 aliphatic rings. The standard InChI is InChI=1S/C24H40O5/c1-4-6-9-12-19(25)15-16-21-20(22(26)18-23(21)29-17-5-2)13-10-7-8-11-14-24(27)28-3/h5,11,14-16,19-23,25-26H,2,4,6-10,12-13,17-18H2,1,3H3. The van der Waals surface area contributed by atoms with E-state index in [-0.39, 0.29) is 23.9 Å². The number of aliphatic hydroxyl groups excluding tert-OH is 2. The van der Waals surface area contributed by atoms with E-state index in [0.29, 0.717) is 13.0 Å². The smallest absolute Gasteiger partial charge is 0.330 e. The van der Waals surface area contributed by atoms with E-state index >= 15 is 0 Å². The minimum atomic E-state index is -0.441. The predicted octanol–water partition coefficient (Wildman–Crippen LogP) is 4.34. The first kappa shape index (κ1) is 25.6. The highest BCUT2D eigenvalue weighted by Crippen LogP contribution is 2.39. The average molecular weight is 409 g/mol. The van der Waals surface area contributed by atoms with Crippen LogP contribution in [-0.2, 0) is 14.3 Å². The lowest BCUT2D eigenvalue weighted by Crippen LogP contribution is -2.23. The van der Waals surface area contributed by atoms with Crippen molar-refractivity contribution in [1.29, 1.82) is 0 Å². The Hall–Kier alpha value is -1.43. The van der Waals surface area contributed by atoms with Gasteiger partial charge in [0.2, 0.25) is 0 Å². The fourth-order valence-corrected chi connectivity index (χ4v) is 3.97. The maximum Gasteiger partial charge on any atom is 0.330 e.